The Bertz CT molecular complexity index is 633. The quantitative estimate of drug-likeness (QED) is 0.861. The van der Waals surface area contributed by atoms with E-state index in [1.54, 1.807) is 0 Å². The Morgan fingerprint density at radius 1 is 1.38 bits per heavy atom. The van der Waals surface area contributed by atoms with Crippen LogP contribution in [0.5, 0.6) is 0 Å². The highest BCUT2D eigenvalue weighted by atomic mass is 32.2. The first kappa shape index (κ1) is 14.9. The Kier molecular flexibility index (Phi) is 4.03. The van der Waals surface area contributed by atoms with Crippen LogP contribution in [-0.4, -0.2) is 45.8 Å². The molecule has 1 fully saturated rings. The molecule has 0 radical (unpaired) electrons. The van der Waals surface area contributed by atoms with Gasteiger partial charge in [-0.05, 0) is 62.7 Å². The maximum Gasteiger partial charge on any atom is 0.178 e. The fourth-order valence-electron chi connectivity index (χ4n) is 3.33. The second-order valence-electron chi connectivity index (χ2n) is 6.17. The molecule has 0 aromatic heterocycles. The smallest absolute Gasteiger partial charge is 0.178 e. The molecule has 2 aliphatic rings. The molecular weight excluding hydrogens is 291 g/mol. The monoisotopic (exact) mass is 312 g/mol. The topological polar surface area (TPSA) is 49.4 Å². The molecule has 2 heterocycles. The molecule has 116 valence electrons. The van der Waals surface area contributed by atoms with Gasteiger partial charge in [-0.25, -0.2) is 12.8 Å². The number of benzene rings is 1. The summed E-state index contributed by atoms with van der Waals surface area (Å²) in [6, 6.07) is 3.93. The first-order chi connectivity index (χ1) is 9.95. The maximum absolute atomic E-state index is 13.5. The van der Waals surface area contributed by atoms with Crippen molar-refractivity contribution in [2.75, 3.05) is 32.4 Å². The van der Waals surface area contributed by atoms with E-state index in [0.29, 0.717) is 17.9 Å². The zero-order valence-electron chi connectivity index (χ0n) is 12.2. The third kappa shape index (κ3) is 3.12. The van der Waals surface area contributed by atoms with Gasteiger partial charge < -0.3 is 10.2 Å². The first-order valence-corrected chi connectivity index (χ1v) is 9.05. The average Bonchev–Trinajstić information content (AvgIpc) is 2.83. The standard InChI is InChI=1S/C15H21FN2O2S/c1-18-6-4-11(10-18)9-17-14-5-7-21(19,20)15-3-2-12(16)8-13(14)15/h2-3,8,11,14,17H,4-7,9-10H2,1H3. The molecule has 1 aromatic carbocycles. The van der Waals surface area contributed by atoms with Crippen molar-refractivity contribution in [2.45, 2.75) is 23.8 Å². The maximum atomic E-state index is 13.5. The number of hydrogen-bond acceptors (Lipinski definition) is 4. The van der Waals surface area contributed by atoms with E-state index in [2.05, 4.69) is 17.3 Å². The number of halogens is 1. The van der Waals surface area contributed by atoms with E-state index in [1.807, 2.05) is 0 Å². The Balaban J connectivity index is 1.77. The fraction of sp³-hybridized carbons (Fsp3) is 0.600. The third-order valence-electron chi connectivity index (χ3n) is 4.50. The largest absolute Gasteiger partial charge is 0.310 e. The minimum Gasteiger partial charge on any atom is -0.310 e. The number of sulfone groups is 1. The lowest BCUT2D eigenvalue weighted by Gasteiger charge is -2.27. The van der Waals surface area contributed by atoms with Gasteiger partial charge in [0.25, 0.3) is 0 Å². The summed E-state index contributed by atoms with van der Waals surface area (Å²) in [7, 11) is -1.14. The number of nitrogens with zero attached hydrogens (tertiary/aromatic N) is 1. The summed E-state index contributed by atoms with van der Waals surface area (Å²) < 4.78 is 37.6. The van der Waals surface area contributed by atoms with Crippen LogP contribution in [-0.2, 0) is 9.84 Å². The van der Waals surface area contributed by atoms with Gasteiger partial charge >= 0.3 is 0 Å². The summed E-state index contributed by atoms with van der Waals surface area (Å²) in [4.78, 5) is 2.59. The zero-order chi connectivity index (χ0) is 15.0. The number of likely N-dealkylation sites (tertiary alicyclic amines) is 1. The van der Waals surface area contributed by atoms with Gasteiger partial charge in [0, 0.05) is 12.6 Å². The van der Waals surface area contributed by atoms with E-state index in [-0.39, 0.29) is 22.5 Å². The molecule has 3 rings (SSSR count). The van der Waals surface area contributed by atoms with Crippen molar-refractivity contribution in [3.63, 3.8) is 0 Å². The molecule has 0 spiro atoms. The van der Waals surface area contributed by atoms with E-state index < -0.39 is 9.84 Å². The number of rotatable bonds is 3. The van der Waals surface area contributed by atoms with Crippen LogP contribution in [0.2, 0.25) is 0 Å². The van der Waals surface area contributed by atoms with Crippen LogP contribution in [0.1, 0.15) is 24.4 Å². The van der Waals surface area contributed by atoms with Crippen molar-refractivity contribution in [1.29, 1.82) is 0 Å². The van der Waals surface area contributed by atoms with Gasteiger partial charge in [0.2, 0.25) is 0 Å². The molecule has 2 atom stereocenters. The summed E-state index contributed by atoms with van der Waals surface area (Å²) in [6.07, 6.45) is 1.67. The second-order valence-corrected chi connectivity index (χ2v) is 8.25. The predicted octanol–water partition coefficient (Wildman–Crippen LogP) is 1.59. The van der Waals surface area contributed by atoms with Crippen LogP contribution in [0.15, 0.2) is 23.1 Å². The molecule has 0 bridgehead atoms. The van der Waals surface area contributed by atoms with Gasteiger partial charge in [0.15, 0.2) is 9.84 Å². The van der Waals surface area contributed by atoms with E-state index in [9.17, 15) is 12.8 Å². The van der Waals surface area contributed by atoms with Gasteiger partial charge in [-0.1, -0.05) is 0 Å². The van der Waals surface area contributed by atoms with Crippen LogP contribution in [0.4, 0.5) is 4.39 Å². The van der Waals surface area contributed by atoms with Gasteiger partial charge in [-0.15, -0.1) is 0 Å². The lowest BCUT2D eigenvalue weighted by molar-refractivity contribution is 0.375. The summed E-state index contributed by atoms with van der Waals surface area (Å²) in [5.41, 5.74) is 0.590. The summed E-state index contributed by atoms with van der Waals surface area (Å²) >= 11 is 0. The Labute approximate surface area is 125 Å². The highest BCUT2D eigenvalue weighted by Gasteiger charge is 2.31. The minimum atomic E-state index is -3.25. The first-order valence-electron chi connectivity index (χ1n) is 7.40. The molecule has 1 N–H and O–H groups in total. The average molecular weight is 312 g/mol. The molecule has 0 aliphatic carbocycles. The number of nitrogens with one attached hydrogen (secondary N) is 1. The van der Waals surface area contributed by atoms with Crippen LogP contribution in [0.3, 0.4) is 0 Å². The van der Waals surface area contributed by atoms with E-state index in [0.717, 1.165) is 26.1 Å². The second kappa shape index (κ2) is 5.66. The summed E-state index contributed by atoms with van der Waals surface area (Å²) in [6.45, 7) is 3.02. The van der Waals surface area contributed by atoms with Gasteiger partial charge in [-0.3, -0.25) is 0 Å². The molecule has 1 aromatic rings. The van der Waals surface area contributed by atoms with Crippen molar-refractivity contribution >= 4 is 9.84 Å². The van der Waals surface area contributed by atoms with Crippen LogP contribution in [0, 0.1) is 11.7 Å². The molecule has 1 saturated heterocycles. The highest BCUT2D eigenvalue weighted by molar-refractivity contribution is 7.91. The molecule has 0 saturated carbocycles. The van der Waals surface area contributed by atoms with Crippen molar-refractivity contribution in [1.82, 2.24) is 10.2 Å². The third-order valence-corrected chi connectivity index (χ3v) is 6.31. The van der Waals surface area contributed by atoms with Crippen LogP contribution < -0.4 is 5.32 Å². The molecule has 0 amide bonds. The fourth-order valence-corrected chi connectivity index (χ4v) is 4.93. The lowest BCUT2D eigenvalue weighted by atomic mass is 10.0. The van der Waals surface area contributed by atoms with Crippen molar-refractivity contribution in [2.24, 2.45) is 5.92 Å². The molecule has 21 heavy (non-hydrogen) atoms. The van der Waals surface area contributed by atoms with Gasteiger partial charge in [0.05, 0.1) is 10.6 Å². The molecule has 4 nitrogen and oxygen atoms in total. The molecule has 6 heteroatoms. The van der Waals surface area contributed by atoms with Crippen LogP contribution in [0.25, 0.3) is 0 Å². The number of fused-ring (bicyclic) bond motifs is 1. The molecular formula is C15H21FN2O2S. The van der Waals surface area contributed by atoms with E-state index >= 15 is 0 Å². The summed E-state index contributed by atoms with van der Waals surface area (Å²) in [5, 5.41) is 3.45. The Morgan fingerprint density at radius 2 is 2.19 bits per heavy atom. The molecule has 2 aliphatic heterocycles. The van der Waals surface area contributed by atoms with Crippen molar-refractivity contribution < 1.29 is 12.8 Å². The minimum absolute atomic E-state index is 0.0647. The van der Waals surface area contributed by atoms with Gasteiger partial charge in [0.1, 0.15) is 5.82 Å². The van der Waals surface area contributed by atoms with Gasteiger partial charge in [-0.2, -0.15) is 0 Å². The zero-order valence-corrected chi connectivity index (χ0v) is 13.0. The Hall–Kier alpha value is -0.980. The number of hydrogen-bond donors (Lipinski definition) is 1. The Morgan fingerprint density at radius 3 is 2.90 bits per heavy atom. The lowest BCUT2D eigenvalue weighted by Crippen LogP contribution is -2.33. The summed E-state index contributed by atoms with van der Waals surface area (Å²) in [5.74, 6) is 0.345. The predicted molar refractivity (Wildman–Crippen MR) is 79.4 cm³/mol. The molecule has 2 unspecified atom stereocenters. The van der Waals surface area contributed by atoms with Crippen molar-refractivity contribution in [3.05, 3.63) is 29.6 Å². The van der Waals surface area contributed by atoms with E-state index in [1.165, 1.54) is 18.2 Å². The van der Waals surface area contributed by atoms with Crippen LogP contribution >= 0.6 is 0 Å². The normalized spacial score (nSPS) is 28.5. The van der Waals surface area contributed by atoms with Crippen molar-refractivity contribution in [3.8, 4) is 0 Å². The SMILES string of the molecule is CN1CCC(CNC2CCS(=O)(=O)c3ccc(F)cc32)C1. The van der Waals surface area contributed by atoms with E-state index in [4.69, 9.17) is 0 Å². The highest BCUT2D eigenvalue weighted by Crippen LogP contribution is 2.33.